The third-order valence-corrected chi connectivity index (χ3v) is 3.27. The highest BCUT2D eigenvalue weighted by Crippen LogP contribution is 2.24. The molecule has 0 aromatic heterocycles. The summed E-state index contributed by atoms with van der Waals surface area (Å²) in [4.78, 5) is 11.4. The summed E-state index contributed by atoms with van der Waals surface area (Å²) < 4.78 is 0. The summed E-state index contributed by atoms with van der Waals surface area (Å²) in [7, 11) is 0. The standard InChI is InChI=1S/C15H24N2O/c1-5-12(6-2)16-13-9-8-10-14(11(13)4)17-15(18)7-3/h8-10,12,16H,5-7H2,1-4H3,(H,17,18). The van der Waals surface area contributed by atoms with E-state index in [-0.39, 0.29) is 5.91 Å². The van der Waals surface area contributed by atoms with Crippen molar-refractivity contribution in [2.45, 2.75) is 53.0 Å². The van der Waals surface area contributed by atoms with Gasteiger partial charge in [-0.05, 0) is 37.5 Å². The van der Waals surface area contributed by atoms with Crippen molar-refractivity contribution in [1.29, 1.82) is 0 Å². The molecule has 0 aliphatic rings. The van der Waals surface area contributed by atoms with Crippen molar-refractivity contribution in [3.8, 4) is 0 Å². The van der Waals surface area contributed by atoms with E-state index in [9.17, 15) is 4.79 Å². The number of anilines is 2. The minimum absolute atomic E-state index is 0.0535. The van der Waals surface area contributed by atoms with Crippen molar-refractivity contribution in [1.82, 2.24) is 0 Å². The van der Waals surface area contributed by atoms with E-state index in [1.54, 1.807) is 0 Å². The zero-order valence-corrected chi connectivity index (χ0v) is 11.8. The molecule has 0 saturated carbocycles. The first kappa shape index (κ1) is 14.6. The molecule has 0 bridgehead atoms. The summed E-state index contributed by atoms with van der Waals surface area (Å²) in [5, 5.41) is 6.46. The fourth-order valence-corrected chi connectivity index (χ4v) is 1.88. The Bertz CT molecular complexity index is 397. The molecule has 0 fully saturated rings. The van der Waals surface area contributed by atoms with E-state index in [1.807, 2.05) is 26.0 Å². The molecule has 1 aromatic rings. The minimum atomic E-state index is 0.0535. The number of carbonyl (C=O) groups excluding carboxylic acids is 1. The summed E-state index contributed by atoms with van der Waals surface area (Å²) in [5.41, 5.74) is 3.11. The molecular weight excluding hydrogens is 224 g/mol. The third-order valence-electron chi connectivity index (χ3n) is 3.27. The molecule has 1 amide bonds. The molecule has 0 aliphatic heterocycles. The monoisotopic (exact) mass is 248 g/mol. The second-order valence-electron chi connectivity index (χ2n) is 4.54. The molecule has 3 heteroatoms. The van der Waals surface area contributed by atoms with Crippen LogP contribution in [0.1, 0.15) is 45.6 Å². The number of hydrogen-bond donors (Lipinski definition) is 2. The highest BCUT2D eigenvalue weighted by atomic mass is 16.1. The van der Waals surface area contributed by atoms with Crippen molar-refractivity contribution >= 4 is 17.3 Å². The van der Waals surface area contributed by atoms with Gasteiger partial charge in [-0.3, -0.25) is 4.79 Å². The summed E-state index contributed by atoms with van der Waals surface area (Å²) >= 11 is 0. The predicted octanol–water partition coefficient (Wildman–Crippen LogP) is 3.94. The Hall–Kier alpha value is -1.51. The zero-order chi connectivity index (χ0) is 13.5. The van der Waals surface area contributed by atoms with Crippen molar-refractivity contribution in [3.05, 3.63) is 23.8 Å². The molecule has 0 aliphatic carbocycles. The molecule has 18 heavy (non-hydrogen) atoms. The highest BCUT2D eigenvalue weighted by molar-refractivity contribution is 5.92. The number of amides is 1. The Labute approximate surface area is 110 Å². The molecule has 0 unspecified atom stereocenters. The normalized spacial score (nSPS) is 10.5. The van der Waals surface area contributed by atoms with Gasteiger partial charge in [0.1, 0.15) is 0 Å². The van der Waals surface area contributed by atoms with E-state index in [4.69, 9.17) is 0 Å². The SMILES string of the molecule is CCC(=O)Nc1cccc(NC(CC)CC)c1C. The van der Waals surface area contributed by atoms with Gasteiger partial charge < -0.3 is 10.6 Å². The maximum Gasteiger partial charge on any atom is 0.224 e. The quantitative estimate of drug-likeness (QED) is 0.800. The lowest BCUT2D eigenvalue weighted by Crippen LogP contribution is -2.18. The molecular formula is C15H24N2O. The molecule has 0 radical (unpaired) electrons. The number of carbonyl (C=O) groups is 1. The van der Waals surface area contributed by atoms with Gasteiger partial charge in [-0.2, -0.15) is 0 Å². The average molecular weight is 248 g/mol. The second-order valence-corrected chi connectivity index (χ2v) is 4.54. The molecule has 2 N–H and O–H groups in total. The molecule has 0 heterocycles. The molecule has 0 spiro atoms. The fraction of sp³-hybridized carbons (Fsp3) is 0.533. The van der Waals surface area contributed by atoms with Crippen LogP contribution in [-0.2, 0) is 4.79 Å². The van der Waals surface area contributed by atoms with Gasteiger partial charge in [-0.25, -0.2) is 0 Å². The second kappa shape index (κ2) is 7.04. The van der Waals surface area contributed by atoms with Gasteiger partial charge in [-0.1, -0.05) is 26.8 Å². The van der Waals surface area contributed by atoms with Crippen LogP contribution in [-0.4, -0.2) is 11.9 Å². The van der Waals surface area contributed by atoms with Crippen LogP contribution in [0.15, 0.2) is 18.2 Å². The van der Waals surface area contributed by atoms with Crippen molar-refractivity contribution in [2.75, 3.05) is 10.6 Å². The molecule has 0 atom stereocenters. The van der Waals surface area contributed by atoms with Crippen molar-refractivity contribution in [2.24, 2.45) is 0 Å². The molecule has 100 valence electrons. The first-order valence-corrected chi connectivity index (χ1v) is 6.78. The van der Waals surface area contributed by atoms with E-state index in [0.29, 0.717) is 12.5 Å². The lowest BCUT2D eigenvalue weighted by molar-refractivity contribution is -0.115. The van der Waals surface area contributed by atoms with Gasteiger partial charge in [0.05, 0.1) is 0 Å². The molecule has 3 nitrogen and oxygen atoms in total. The summed E-state index contributed by atoms with van der Waals surface area (Å²) in [6.07, 6.45) is 2.70. The van der Waals surface area contributed by atoms with E-state index < -0.39 is 0 Å². The maximum atomic E-state index is 11.4. The topological polar surface area (TPSA) is 41.1 Å². The van der Waals surface area contributed by atoms with Crippen molar-refractivity contribution < 1.29 is 4.79 Å². The maximum absolute atomic E-state index is 11.4. The van der Waals surface area contributed by atoms with Crippen LogP contribution in [0.2, 0.25) is 0 Å². The van der Waals surface area contributed by atoms with Gasteiger partial charge in [0.25, 0.3) is 0 Å². The van der Waals surface area contributed by atoms with Gasteiger partial charge in [0, 0.05) is 23.8 Å². The van der Waals surface area contributed by atoms with Gasteiger partial charge >= 0.3 is 0 Å². The third kappa shape index (κ3) is 3.76. The minimum Gasteiger partial charge on any atom is -0.382 e. The Morgan fingerprint density at radius 1 is 1.17 bits per heavy atom. The first-order valence-electron chi connectivity index (χ1n) is 6.78. The number of rotatable bonds is 6. The van der Waals surface area contributed by atoms with Crippen LogP contribution in [0.4, 0.5) is 11.4 Å². The zero-order valence-electron chi connectivity index (χ0n) is 11.8. The fourth-order valence-electron chi connectivity index (χ4n) is 1.88. The van der Waals surface area contributed by atoms with Gasteiger partial charge in [-0.15, -0.1) is 0 Å². The van der Waals surface area contributed by atoms with Gasteiger partial charge in [0.2, 0.25) is 5.91 Å². The molecule has 1 rings (SSSR count). The van der Waals surface area contributed by atoms with Gasteiger partial charge in [0.15, 0.2) is 0 Å². The Morgan fingerprint density at radius 3 is 2.33 bits per heavy atom. The van der Waals surface area contributed by atoms with Crippen LogP contribution in [0.3, 0.4) is 0 Å². The summed E-state index contributed by atoms with van der Waals surface area (Å²) in [5.74, 6) is 0.0535. The number of hydrogen-bond acceptors (Lipinski definition) is 2. The largest absolute Gasteiger partial charge is 0.382 e. The van der Waals surface area contributed by atoms with Crippen molar-refractivity contribution in [3.63, 3.8) is 0 Å². The number of benzene rings is 1. The Morgan fingerprint density at radius 2 is 1.78 bits per heavy atom. The van der Waals surface area contributed by atoms with Crippen LogP contribution in [0.25, 0.3) is 0 Å². The highest BCUT2D eigenvalue weighted by Gasteiger charge is 2.09. The average Bonchev–Trinajstić information content (AvgIpc) is 2.39. The van der Waals surface area contributed by atoms with E-state index in [1.165, 1.54) is 0 Å². The van der Waals surface area contributed by atoms with E-state index in [2.05, 4.69) is 30.5 Å². The van der Waals surface area contributed by atoms with Crippen LogP contribution in [0.5, 0.6) is 0 Å². The predicted molar refractivity (Wildman–Crippen MR) is 78.1 cm³/mol. The lowest BCUT2D eigenvalue weighted by Gasteiger charge is -2.19. The first-order chi connectivity index (χ1) is 8.62. The van der Waals surface area contributed by atoms with Crippen LogP contribution in [0, 0.1) is 6.92 Å². The van der Waals surface area contributed by atoms with Crippen LogP contribution >= 0.6 is 0 Å². The Balaban J connectivity index is 2.87. The summed E-state index contributed by atoms with van der Waals surface area (Å²) in [6, 6.07) is 6.47. The summed E-state index contributed by atoms with van der Waals surface area (Å²) in [6.45, 7) is 8.26. The Kier molecular flexibility index (Phi) is 5.69. The molecule has 1 aromatic carbocycles. The van der Waals surface area contributed by atoms with Crippen LogP contribution < -0.4 is 10.6 Å². The number of nitrogens with one attached hydrogen (secondary N) is 2. The van der Waals surface area contributed by atoms with E-state index in [0.717, 1.165) is 29.8 Å². The van der Waals surface area contributed by atoms with E-state index >= 15 is 0 Å². The lowest BCUT2D eigenvalue weighted by atomic mass is 10.1. The molecule has 0 saturated heterocycles. The smallest absolute Gasteiger partial charge is 0.224 e.